The molecular formula is C20H14F4N2O3S. The third-order valence-corrected chi connectivity index (χ3v) is 5.00. The molecule has 2 N–H and O–H groups in total. The van der Waals surface area contributed by atoms with E-state index in [2.05, 4.69) is 10.1 Å². The SMILES string of the molecule is [2H]C([2H])([2H])Oc1cccc(-c2c(F)c(F)c(NC(=O)c3ccsc3C(=O)NC)c(F)c2F)c1. The van der Waals surface area contributed by atoms with Gasteiger partial charge in [-0.15, -0.1) is 11.3 Å². The summed E-state index contributed by atoms with van der Waals surface area (Å²) in [5.41, 5.74) is -3.16. The van der Waals surface area contributed by atoms with Crippen molar-refractivity contribution in [3.8, 4) is 16.9 Å². The first-order valence-corrected chi connectivity index (χ1v) is 9.09. The van der Waals surface area contributed by atoms with Gasteiger partial charge in [0, 0.05) is 7.05 Å². The number of thiophene rings is 1. The molecule has 10 heteroatoms. The van der Waals surface area contributed by atoms with E-state index in [0.29, 0.717) is 0 Å². The molecule has 3 rings (SSSR count). The normalized spacial score (nSPS) is 12.5. The van der Waals surface area contributed by atoms with Crippen molar-refractivity contribution in [2.75, 3.05) is 19.4 Å². The van der Waals surface area contributed by atoms with Crippen LogP contribution in [0.5, 0.6) is 5.75 Å². The summed E-state index contributed by atoms with van der Waals surface area (Å²) in [6, 6.07) is 5.55. The van der Waals surface area contributed by atoms with Gasteiger partial charge in [-0.2, -0.15) is 0 Å². The first kappa shape index (κ1) is 17.5. The van der Waals surface area contributed by atoms with E-state index in [-0.39, 0.29) is 16.2 Å². The second-order valence-electron chi connectivity index (χ2n) is 5.83. The highest BCUT2D eigenvalue weighted by atomic mass is 32.1. The Kier molecular flexibility index (Phi) is 4.97. The van der Waals surface area contributed by atoms with Crippen LogP contribution in [0.4, 0.5) is 23.2 Å². The zero-order valence-corrected chi connectivity index (χ0v) is 15.9. The number of methoxy groups -OCH3 is 1. The molecule has 2 amide bonds. The molecule has 2 aromatic carbocycles. The summed E-state index contributed by atoms with van der Waals surface area (Å²) in [6.45, 7) is 0. The van der Waals surface area contributed by atoms with E-state index in [4.69, 9.17) is 4.11 Å². The lowest BCUT2D eigenvalue weighted by Crippen LogP contribution is -2.22. The van der Waals surface area contributed by atoms with Crippen LogP contribution in [0.1, 0.15) is 24.1 Å². The molecule has 0 radical (unpaired) electrons. The van der Waals surface area contributed by atoms with Crippen LogP contribution in [0, 0.1) is 23.3 Å². The molecule has 3 aromatic rings. The summed E-state index contributed by atoms with van der Waals surface area (Å²) in [5.74, 6) is -9.55. The van der Waals surface area contributed by atoms with Gasteiger partial charge in [0.2, 0.25) is 0 Å². The summed E-state index contributed by atoms with van der Waals surface area (Å²) in [6.07, 6.45) is 0. The van der Waals surface area contributed by atoms with Gasteiger partial charge in [0.15, 0.2) is 23.3 Å². The third-order valence-electron chi connectivity index (χ3n) is 4.09. The summed E-state index contributed by atoms with van der Waals surface area (Å²) < 4.78 is 84.8. The lowest BCUT2D eigenvalue weighted by Gasteiger charge is -2.14. The van der Waals surface area contributed by atoms with Crippen LogP contribution in [0.3, 0.4) is 0 Å². The van der Waals surface area contributed by atoms with Gasteiger partial charge in [0.25, 0.3) is 11.8 Å². The van der Waals surface area contributed by atoms with Gasteiger partial charge in [0.05, 0.1) is 22.3 Å². The van der Waals surface area contributed by atoms with Crippen molar-refractivity contribution >= 4 is 28.8 Å². The molecule has 30 heavy (non-hydrogen) atoms. The smallest absolute Gasteiger partial charge is 0.261 e. The van der Waals surface area contributed by atoms with Crippen LogP contribution < -0.4 is 15.4 Å². The third kappa shape index (κ3) is 3.73. The second-order valence-corrected chi connectivity index (χ2v) is 6.75. The van der Waals surface area contributed by atoms with Crippen molar-refractivity contribution < 1.29 is 36.0 Å². The molecule has 0 unspecified atom stereocenters. The van der Waals surface area contributed by atoms with Crippen LogP contribution in [0.2, 0.25) is 0 Å². The van der Waals surface area contributed by atoms with Crippen molar-refractivity contribution in [3.05, 3.63) is 69.4 Å². The van der Waals surface area contributed by atoms with Crippen molar-refractivity contribution in [2.45, 2.75) is 0 Å². The minimum absolute atomic E-state index is 0.0700. The van der Waals surface area contributed by atoms with Gasteiger partial charge in [-0.25, -0.2) is 17.6 Å². The van der Waals surface area contributed by atoms with Crippen LogP contribution in [0.25, 0.3) is 11.1 Å². The van der Waals surface area contributed by atoms with E-state index in [1.807, 2.05) is 0 Å². The Labute approximate surface area is 176 Å². The van der Waals surface area contributed by atoms with E-state index in [1.165, 1.54) is 30.6 Å². The fraction of sp³-hybridized carbons (Fsp3) is 0.100. The fourth-order valence-corrected chi connectivity index (χ4v) is 3.51. The number of anilines is 1. The zero-order chi connectivity index (χ0) is 24.5. The number of nitrogens with one attached hydrogen (secondary N) is 2. The summed E-state index contributed by atoms with van der Waals surface area (Å²) >= 11 is 0.880. The molecule has 5 nitrogen and oxygen atoms in total. The molecule has 156 valence electrons. The number of halogens is 4. The maximum atomic E-state index is 14.8. The minimum atomic E-state index is -2.87. The maximum absolute atomic E-state index is 14.8. The zero-order valence-electron chi connectivity index (χ0n) is 18.1. The summed E-state index contributed by atoms with van der Waals surface area (Å²) in [5, 5.41) is 5.43. The number of benzene rings is 2. The highest BCUT2D eigenvalue weighted by molar-refractivity contribution is 7.12. The van der Waals surface area contributed by atoms with Gasteiger partial charge in [-0.1, -0.05) is 12.1 Å². The Hall–Kier alpha value is -3.40. The Morgan fingerprint density at radius 3 is 2.37 bits per heavy atom. The Bertz CT molecular complexity index is 1220. The molecule has 1 aromatic heterocycles. The molecular weight excluding hydrogens is 424 g/mol. The predicted octanol–water partition coefficient (Wildman–Crippen LogP) is 4.59. The standard InChI is InChI=1S/C20H14F4N2O3S/c1-25-20(28)18-11(6-7-30-18)19(27)26-17-15(23)13(21)12(14(22)16(17)24)9-4-3-5-10(8-9)29-2/h3-8H,1-2H3,(H,25,28)(H,26,27)/i2D3. The topological polar surface area (TPSA) is 67.4 Å². The van der Waals surface area contributed by atoms with Crippen molar-refractivity contribution in [2.24, 2.45) is 0 Å². The quantitative estimate of drug-likeness (QED) is 0.450. The lowest BCUT2D eigenvalue weighted by atomic mass is 10.0. The second kappa shape index (κ2) is 8.54. The monoisotopic (exact) mass is 441 g/mol. The molecule has 1 heterocycles. The predicted molar refractivity (Wildman–Crippen MR) is 104 cm³/mol. The van der Waals surface area contributed by atoms with Crippen LogP contribution in [-0.4, -0.2) is 25.9 Å². The van der Waals surface area contributed by atoms with Gasteiger partial charge in [-0.05, 0) is 29.1 Å². The first-order chi connectivity index (χ1) is 15.4. The van der Waals surface area contributed by atoms with Crippen molar-refractivity contribution in [1.82, 2.24) is 5.32 Å². The van der Waals surface area contributed by atoms with E-state index < -0.39 is 58.9 Å². The Balaban J connectivity index is 2.02. The highest BCUT2D eigenvalue weighted by Gasteiger charge is 2.29. The number of carbonyl (C=O) groups excluding carboxylic acids is 2. The largest absolute Gasteiger partial charge is 0.497 e. The van der Waals surface area contributed by atoms with E-state index in [9.17, 15) is 27.2 Å². The van der Waals surface area contributed by atoms with Crippen molar-refractivity contribution in [1.29, 1.82) is 0 Å². The van der Waals surface area contributed by atoms with Crippen LogP contribution >= 0.6 is 11.3 Å². The van der Waals surface area contributed by atoms with Crippen LogP contribution in [-0.2, 0) is 0 Å². The number of hydrogen-bond acceptors (Lipinski definition) is 4. The molecule has 0 atom stereocenters. The number of ether oxygens (including phenoxy) is 1. The molecule has 0 saturated heterocycles. The van der Waals surface area contributed by atoms with Gasteiger partial charge < -0.3 is 15.4 Å². The van der Waals surface area contributed by atoms with Crippen molar-refractivity contribution in [3.63, 3.8) is 0 Å². The van der Waals surface area contributed by atoms with Gasteiger partial charge >= 0.3 is 0 Å². The Morgan fingerprint density at radius 2 is 1.73 bits per heavy atom. The average Bonchev–Trinajstić information content (AvgIpc) is 3.24. The molecule has 0 bridgehead atoms. The molecule has 0 aliphatic heterocycles. The Morgan fingerprint density at radius 1 is 1.03 bits per heavy atom. The fourth-order valence-electron chi connectivity index (χ4n) is 2.67. The van der Waals surface area contributed by atoms with E-state index in [0.717, 1.165) is 23.5 Å². The number of amides is 2. The number of hydrogen-bond donors (Lipinski definition) is 2. The summed E-state index contributed by atoms with van der Waals surface area (Å²) in [4.78, 5) is 24.2. The molecule has 0 spiro atoms. The molecule has 0 fully saturated rings. The maximum Gasteiger partial charge on any atom is 0.261 e. The number of carbonyl (C=O) groups is 2. The van der Waals surface area contributed by atoms with E-state index in [1.54, 1.807) is 5.32 Å². The molecule has 0 aliphatic rings. The van der Waals surface area contributed by atoms with Crippen LogP contribution in [0.15, 0.2) is 35.7 Å². The highest BCUT2D eigenvalue weighted by Crippen LogP contribution is 2.36. The molecule has 0 saturated carbocycles. The molecule has 0 aliphatic carbocycles. The lowest BCUT2D eigenvalue weighted by molar-refractivity contribution is 0.0952. The van der Waals surface area contributed by atoms with Gasteiger partial charge in [0.1, 0.15) is 16.3 Å². The summed E-state index contributed by atoms with van der Waals surface area (Å²) in [7, 11) is -1.56. The number of rotatable bonds is 5. The van der Waals surface area contributed by atoms with E-state index >= 15 is 0 Å². The first-order valence-electron chi connectivity index (χ1n) is 9.71. The minimum Gasteiger partial charge on any atom is -0.497 e. The van der Waals surface area contributed by atoms with Gasteiger partial charge in [-0.3, -0.25) is 9.59 Å². The average molecular weight is 441 g/mol.